The summed E-state index contributed by atoms with van der Waals surface area (Å²) in [6.45, 7) is 6.60. The van der Waals surface area contributed by atoms with E-state index in [2.05, 4.69) is 16.4 Å². The summed E-state index contributed by atoms with van der Waals surface area (Å²) in [7, 11) is 0. The molecule has 1 aliphatic rings. The lowest BCUT2D eigenvalue weighted by Crippen LogP contribution is -2.61. The van der Waals surface area contributed by atoms with Crippen molar-refractivity contribution in [3.05, 3.63) is 30.1 Å². The Balaban J connectivity index is 1.82. The fourth-order valence-electron chi connectivity index (χ4n) is 2.03. The number of hydrogen-bond donors (Lipinski definition) is 1. The Bertz CT molecular complexity index is 527. The second-order valence-corrected chi connectivity index (χ2v) is 6.07. The average molecular weight is 288 g/mol. The lowest BCUT2D eigenvalue weighted by atomic mass is 10.1. The van der Waals surface area contributed by atoms with Crippen molar-refractivity contribution in [2.75, 3.05) is 13.1 Å². The molecule has 0 radical (unpaired) electrons. The number of nitrogens with one attached hydrogen (secondary N) is 1. The van der Waals surface area contributed by atoms with Crippen LogP contribution in [0.5, 0.6) is 0 Å². The number of amides is 1. The fourth-order valence-corrected chi connectivity index (χ4v) is 2.03. The zero-order valence-corrected chi connectivity index (χ0v) is 12.5. The van der Waals surface area contributed by atoms with E-state index in [4.69, 9.17) is 4.74 Å². The molecule has 0 saturated carbocycles. The maximum atomic E-state index is 11.8. The number of likely N-dealkylation sites (tertiary alicyclic amines) is 1. The zero-order valence-electron chi connectivity index (χ0n) is 12.5. The highest BCUT2D eigenvalue weighted by molar-refractivity contribution is 5.69. The number of rotatable bonds is 3. The van der Waals surface area contributed by atoms with Gasteiger partial charge in [0.05, 0.1) is 11.8 Å². The number of ether oxygens (including phenoxy) is 1. The molecule has 6 heteroatoms. The summed E-state index contributed by atoms with van der Waals surface area (Å²) < 4.78 is 5.29. The van der Waals surface area contributed by atoms with Crippen LogP contribution in [-0.2, 0) is 4.74 Å². The van der Waals surface area contributed by atoms with Gasteiger partial charge in [0.2, 0.25) is 0 Å². The molecule has 112 valence electrons. The molecule has 1 atom stereocenters. The molecule has 1 saturated heterocycles. The molecule has 2 heterocycles. The Morgan fingerprint density at radius 1 is 1.52 bits per heavy atom. The summed E-state index contributed by atoms with van der Waals surface area (Å²) in [4.78, 5) is 17.6. The van der Waals surface area contributed by atoms with Crippen molar-refractivity contribution >= 4 is 6.09 Å². The first kappa shape index (κ1) is 15.3. The van der Waals surface area contributed by atoms with Crippen molar-refractivity contribution in [2.24, 2.45) is 0 Å². The molecular weight excluding hydrogens is 268 g/mol. The molecule has 0 aromatic carbocycles. The average Bonchev–Trinajstić information content (AvgIpc) is 2.36. The van der Waals surface area contributed by atoms with Crippen LogP contribution in [0.4, 0.5) is 4.79 Å². The third kappa shape index (κ3) is 4.17. The number of carbonyl (C=O) groups excluding carboxylic acids is 1. The van der Waals surface area contributed by atoms with Crippen LogP contribution in [-0.4, -0.2) is 40.7 Å². The monoisotopic (exact) mass is 288 g/mol. The smallest absolute Gasteiger partial charge is 0.410 e. The van der Waals surface area contributed by atoms with E-state index in [-0.39, 0.29) is 12.1 Å². The van der Waals surface area contributed by atoms with Gasteiger partial charge in [-0.25, -0.2) is 4.79 Å². The Morgan fingerprint density at radius 3 is 2.76 bits per heavy atom. The van der Waals surface area contributed by atoms with Gasteiger partial charge in [-0.2, -0.15) is 5.26 Å². The second-order valence-electron chi connectivity index (χ2n) is 6.07. The van der Waals surface area contributed by atoms with E-state index in [0.717, 1.165) is 0 Å². The van der Waals surface area contributed by atoms with Crippen molar-refractivity contribution in [2.45, 2.75) is 38.5 Å². The third-order valence-electron chi connectivity index (χ3n) is 3.05. The standard InChI is InChI=1S/C15H20N4O2/c1-15(2,3)21-14(20)19-9-11(10-19)18-13(8-16)12-6-4-5-7-17-12/h4-7,11,13,18H,9-10H2,1-3H3/t13-/m1/s1. The molecule has 6 nitrogen and oxygen atoms in total. The molecule has 1 aromatic rings. The van der Waals surface area contributed by atoms with Gasteiger partial charge >= 0.3 is 6.09 Å². The van der Waals surface area contributed by atoms with Crippen LogP contribution in [0.25, 0.3) is 0 Å². The zero-order chi connectivity index (χ0) is 15.5. The SMILES string of the molecule is CC(C)(C)OC(=O)N1CC(N[C@H](C#N)c2ccccn2)C1. The van der Waals surface area contributed by atoms with Gasteiger partial charge in [-0.1, -0.05) is 6.07 Å². The molecule has 1 fully saturated rings. The molecule has 1 N–H and O–H groups in total. The molecule has 0 bridgehead atoms. The first-order valence-corrected chi connectivity index (χ1v) is 6.93. The van der Waals surface area contributed by atoms with Crippen LogP contribution >= 0.6 is 0 Å². The highest BCUT2D eigenvalue weighted by Crippen LogP contribution is 2.18. The van der Waals surface area contributed by atoms with Crippen molar-refractivity contribution in [1.29, 1.82) is 5.26 Å². The van der Waals surface area contributed by atoms with Crippen molar-refractivity contribution < 1.29 is 9.53 Å². The van der Waals surface area contributed by atoms with Gasteiger partial charge in [0.25, 0.3) is 0 Å². The van der Waals surface area contributed by atoms with Gasteiger partial charge in [0, 0.05) is 25.3 Å². The van der Waals surface area contributed by atoms with Crippen LogP contribution in [0.15, 0.2) is 24.4 Å². The number of hydrogen-bond acceptors (Lipinski definition) is 5. The van der Waals surface area contributed by atoms with Crippen molar-refractivity contribution in [3.8, 4) is 6.07 Å². The summed E-state index contributed by atoms with van der Waals surface area (Å²) in [5, 5.41) is 12.4. The largest absolute Gasteiger partial charge is 0.444 e. The van der Waals surface area contributed by atoms with Crippen LogP contribution in [0.2, 0.25) is 0 Å². The van der Waals surface area contributed by atoms with E-state index in [1.54, 1.807) is 11.1 Å². The lowest BCUT2D eigenvalue weighted by Gasteiger charge is -2.40. The normalized spacial score (nSPS) is 16.8. The van der Waals surface area contributed by atoms with Gasteiger partial charge in [-0.05, 0) is 32.9 Å². The molecule has 0 spiro atoms. The van der Waals surface area contributed by atoms with Gasteiger partial charge in [0.1, 0.15) is 11.6 Å². The van der Waals surface area contributed by atoms with Crippen LogP contribution in [0.1, 0.15) is 32.5 Å². The molecule has 21 heavy (non-hydrogen) atoms. The number of nitriles is 1. The number of nitrogens with zero attached hydrogens (tertiary/aromatic N) is 3. The van der Waals surface area contributed by atoms with E-state index in [1.165, 1.54) is 0 Å². The van der Waals surface area contributed by atoms with Crippen LogP contribution < -0.4 is 5.32 Å². The third-order valence-corrected chi connectivity index (χ3v) is 3.05. The summed E-state index contributed by atoms with van der Waals surface area (Å²) in [5.41, 5.74) is 0.203. The molecule has 0 unspecified atom stereocenters. The first-order chi connectivity index (χ1) is 9.89. The van der Waals surface area contributed by atoms with Crippen molar-refractivity contribution in [1.82, 2.24) is 15.2 Å². The highest BCUT2D eigenvalue weighted by atomic mass is 16.6. The Morgan fingerprint density at radius 2 is 2.24 bits per heavy atom. The van der Waals surface area contributed by atoms with E-state index in [1.807, 2.05) is 39.0 Å². The van der Waals surface area contributed by atoms with Crippen LogP contribution in [0.3, 0.4) is 0 Å². The van der Waals surface area contributed by atoms with Crippen LogP contribution in [0, 0.1) is 11.3 Å². The van der Waals surface area contributed by atoms with E-state index in [0.29, 0.717) is 18.8 Å². The summed E-state index contributed by atoms with van der Waals surface area (Å²) in [5.74, 6) is 0. The molecule has 1 aliphatic heterocycles. The Labute approximate surface area is 124 Å². The van der Waals surface area contributed by atoms with Gasteiger partial charge in [0.15, 0.2) is 0 Å². The number of carbonyl (C=O) groups is 1. The summed E-state index contributed by atoms with van der Waals surface area (Å²) >= 11 is 0. The molecule has 1 amide bonds. The highest BCUT2D eigenvalue weighted by Gasteiger charge is 2.35. The maximum Gasteiger partial charge on any atom is 0.410 e. The summed E-state index contributed by atoms with van der Waals surface area (Å²) in [6.07, 6.45) is 1.35. The lowest BCUT2D eigenvalue weighted by molar-refractivity contribution is 0.00471. The molecule has 1 aromatic heterocycles. The van der Waals surface area contributed by atoms with Crippen molar-refractivity contribution in [3.63, 3.8) is 0 Å². The predicted octanol–water partition coefficient (Wildman–Crippen LogP) is 1.86. The maximum absolute atomic E-state index is 11.8. The minimum Gasteiger partial charge on any atom is -0.444 e. The van der Waals surface area contributed by atoms with Gasteiger partial charge < -0.3 is 9.64 Å². The minimum absolute atomic E-state index is 0.0872. The Hall–Kier alpha value is -2.13. The molecular formula is C15H20N4O2. The topological polar surface area (TPSA) is 78.2 Å². The summed E-state index contributed by atoms with van der Waals surface area (Å²) in [6, 6.07) is 7.29. The first-order valence-electron chi connectivity index (χ1n) is 6.93. The molecule has 0 aliphatic carbocycles. The van der Waals surface area contributed by atoms with E-state index < -0.39 is 11.6 Å². The minimum atomic E-state index is -0.487. The number of aromatic nitrogens is 1. The number of pyridine rings is 1. The van der Waals surface area contributed by atoms with Gasteiger partial charge in [-0.15, -0.1) is 0 Å². The van der Waals surface area contributed by atoms with Gasteiger partial charge in [-0.3, -0.25) is 10.3 Å². The Kier molecular flexibility index (Phi) is 4.43. The van der Waals surface area contributed by atoms with E-state index in [9.17, 15) is 10.1 Å². The fraction of sp³-hybridized carbons (Fsp3) is 0.533. The quantitative estimate of drug-likeness (QED) is 0.918. The predicted molar refractivity (Wildman–Crippen MR) is 77.3 cm³/mol. The van der Waals surface area contributed by atoms with E-state index >= 15 is 0 Å². The second kappa shape index (κ2) is 6.10. The molecule has 2 rings (SSSR count).